The lowest BCUT2D eigenvalue weighted by Crippen LogP contribution is -2.30. The largest absolute Gasteiger partial charge is 0.545 e. The molecule has 26 heavy (non-hydrogen) atoms. The van der Waals surface area contributed by atoms with E-state index in [4.69, 9.17) is 0 Å². The molecule has 0 saturated heterocycles. The zero-order valence-electron chi connectivity index (χ0n) is 14.1. The standard InChI is InChI=1S/C22H15NO3/c1-23-19-5-3-2-4-16(19)12-18-20(23)11-10-17(22(25)26)21(18)15-8-6-14(13-24)7-9-15/h2-13H,1H3. The number of aromatic carboxylic acids is 1. The molecule has 0 N–H and O–H groups in total. The second-order valence-electron chi connectivity index (χ2n) is 6.21. The fourth-order valence-corrected chi connectivity index (χ4v) is 3.46. The molecule has 4 aromatic rings. The highest BCUT2D eigenvalue weighted by Crippen LogP contribution is 2.32. The molecule has 0 spiro atoms. The molecule has 3 aromatic carbocycles. The number of pyridine rings is 1. The zero-order valence-corrected chi connectivity index (χ0v) is 14.1. The van der Waals surface area contributed by atoms with Crippen molar-refractivity contribution in [1.29, 1.82) is 0 Å². The maximum atomic E-state index is 11.7. The number of carboxylic acid groups (broad SMARTS) is 1. The van der Waals surface area contributed by atoms with E-state index in [2.05, 4.69) is 0 Å². The van der Waals surface area contributed by atoms with E-state index in [-0.39, 0.29) is 5.56 Å². The van der Waals surface area contributed by atoms with Gasteiger partial charge in [0.25, 0.3) is 0 Å². The van der Waals surface area contributed by atoms with E-state index in [9.17, 15) is 14.7 Å². The molecule has 0 radical (unpaired) electrons. The number of para-hydroxylation sites is 1. The van der Waals surface area contributed by atoms with Crippen molar-refractivity contribution >= 4 is 34.1 Å². The predicted octanol–water partition coefficient (Wildman–Crippen LogP) is 2.66. The molecular weight excluding hydrogens is 326 g/mol. The van der Waals surface area contributed by atoms with Crippen LogP contribution in [0, 0.1) is 0 Å². The van der Waals surface area contributed by atoms with Gasteiger partial charge in [0.2, 0.25) is 11.0 Å². The Morgan fingerprint density at radius 3 is 2.38 bits per heavy atom. The van der Waals surface area contributed by atoms with Gasteiger partial charge in [0.15, 0.2) is 0 Å². The van der Waals surface area contributed by atoms with E-state index in [1.165, 1.54) is 0 Å². The topological polar surface area (TPSA) is 61.1 Å². The van der Waals surface area contributed by atoms with Crippen LogP contribution in [0.4, 0.5) is 0 Å². The average Bonchev–Trinajstić information content (AvgIpc) is 2.67. The van der Waals surface area contributed by atoms with Gasteiger partial charge in [-0.2, -0.15) is 4.57 Å². The number of aromatic nitrogens is 1. The quantitative estimate of drug-likeness (QED) is 0.327. The molecule has 0 saturated carbocycles. The molecule has 0 fully saturated rings. The van der Waals surface area contributed by atoms with E-state index >= 15 is 0 Å². The molecule has 4 rings (SSSR count). The molecule has 4 heteroatoms. The Balaban J connectivity index is 2.14. The van der Waals surface area contributed by atoms with Crippen LogP contribution in [0.5, 0.6) is 0 Å². The smallest absolute Gasteiger partial charge is 0.213 e. The first kappa shape index (κ1) is 16.0. The summed E-state index contributed by atoms with van der Waals surface area (Å²) in [4.78, 5) is 22.7. The summed E-state index contributed by atoms with van der Waals surface area (Å²) in [6, 6.07) is 20.2. The van der Waals surface area contributed by atoms with Gasteiger partial charge in [0.1, 0.15) is 13.3 Å². The van der Waals surface area contributed by atoms with Crippen LogP contribution in [0.25, 0.3) is 32.9 Å². The van der Waals surface area contributed by atoms with Gasteiger partial charge in [-0.05, 0) is 23.8 Å². The highest BCUT2D eigenvalue weighted by molar-refractivity contribution is 6.07. The van der Waals surface area contributed by atoms with Crippen molar-refractivity contribution in [2.75, 3.05) is 0 Å². The summed E-state index contributed by atoms with van der Waals surface area (Å²) in [5, 5.41) is 13.6. The number of carboxylic acids is 1. The van der Waals surface area contributed by atoms with E-state index in [1.807, 2.05) is 41.9 Å². The van der Waals surface area contributed by atoms with Crippen LogP contribution in [0.3, 0.4) is 0 Å². The number of nitrogens with zero attached hydrogens (tertiary/aromatic N) is 1. The van der Waals surface area contributed by atoms with E-state index in [0.29, 0.717) is 11.1 Å². The molecule has 0 aliphatic rings. The van der Waals surface area contributed by atoms with Gasteiger partial charge in [0, 0.05) is 34.2 Å². The Kier molecular flexibility index (Phi) is 3.73. The SMILES string of the molecule is C[n+]1c2ccccc2cc2c(-c3ccc(C=O)cc3)c(C(=O)[O-])ccc21. The van der Waals surface area contributed by atoms with Gasteiger partial charge in [-0.25, -0.2) is 0 Å². The van der Waals surface area contributed by atoms with Crippen molar-refractivity contribution < 1.29 is 19.3 Å². The van der Waals surface area contributed by atoms with Gasteiger partial charge in [-0.3, -0.25) is 4.79 Å². The molecule has 1 heterocycles. The number of carbonyl (C=O) groups excluding carboxylic acids is 2. The molecule has 0 aliphatic heterocycles. The Morgan fingerprint density at radius 2 is 1.69 bits per heavy atom. The van der Waals surface area contributed by atoms with Gasteiger partial charge in [-0.1, -0.05) is 36.4 Å². The number of carbonyl (C=O) groups is 2. The number of rotatable bonds is 3. The van der Waals surface area contributed by atoms with Crippen LogP contribution in [0.1, 0.15) is 20.7 Å². The van der Waals surface area contributed by atoms with Gasteiger partial charge in [-0.15, -0.1) is 0 Å². The fraction of sp³-hybridized carbons (Fsp3) is 0.0455. The summed E-state index contributed by atoms with van der Waals surface area (Å²) in [7, 11) is 1.96. The zero-order chi connectivity index (χ0) is 18.3. The number of benzene rings is 3. The highest BCUT2D eigenvalue weighted by atomic mass is 16.4. The molecule has 0 bridgehead atoms. The fourth-order valence-electron chi connectivity index (χ4n) is 3.46. The monoisotopic (exact) mass is 341 g/mol. The number of hydrogen-bond acceptors (Lipinski definition) is 3. The third kappa shape index (κ3) is 2.43. The predicted molar refractivity (Wildman–Crippen MR) is 97.8 cm³/mol. The lowest BCUT2D eigenvalue weighted by molar-refractivity contribution is -0.617. The molecule has 0 unspecified atom stereocenters. The third-order valence-electron chi connectivity index (χ3n) is 4.74. The van der Waals surface area contributed by atoms with Crippen molar-refractivity contribution in [1.82, 2.24) is 0 Å². The first-order valence-electron chi connectivity index (χ1n) is 8.21. The van der Waals surface area contributed by atoms with E-state index in [0.717, 1.165) is 33.7 Å². The Morgan fingerprint density at radius 1 is 0.962 bits per heavy atom. The first-order valence-corrected chi connectivity index (χ1v) is 8.21. The lowest BCUT2D eigenvalue weighted by atomic mass is 9.93. The van der Waals surface area contributed by atoms with E-state index < -0.39 is 5.97 Å². The number of fused-ring (bicyclic) bond motifs is 2. The highest BCUT2D eigenvalue weighted by Gasteiger charge is 2.18. The van der Waals surface area contributed by atoms with Crippen molar-refractivity contribution in [3.63, 3.8) is 0 Å². The number of aldehydes is 1. The van der Waals surface area contributed by atoms with Crippen LogP contribution in [0.2, 0.25) is 0 Å². The summed E-state index contributed by atoms with van der Waals surface area (Å²) in [5.41, 5.74) is 3.98. The second kappa shape index (κ2) is 6.08. The number of aryl methyl sites for hydroxylation is 1. The summed E-state index contributed by atoms with van der Waals surface area (Å²) in [6.07, 6.45) is 0.764. The minimum absolute atomic E-state index is 0.131. The maximum absolute atomic E-state index is 11.7. The average molecular weight is 341 g/mol. The van der Waals surface area contributed by atoms with Crippen molar-refractivity contribution in [3.8, 4) is 11.1 Å². The van der Waals surface area contributed by atoms with Crippen molar-refractivity contribution in [2.24, 2.45) is 7.05 Å². The normalized spacial score (nSPS) is 11.0. The Labute approximate surface area is 149 Å². The summed E-state index contributed by atoms with van der Waals surface area (Å²) in [5.74, 6) is -1.22. The van der Waals surface area contributed by atoms with Gasteiger partial charge in [0.05, 0.1) is 11.4 Å². The van der Waals surface area contributed by atoms with Gasteiger partial charge >= 0.3 is 0 Å². The molecule has 4 nitrogen and oxygen atoms in total. The molecular formula is C22H15NO3. The van der Waals surface area contributed by atoms with Crippen LogP contribution < -0.4 is 9.67 Å². The molecule has 1 aromatic heterocycles. The molecule has 0 amide bonds. The lowest BCUT2D eigenvalue weighted by Gasteiger charge is -2.14. The Hall–Kier alpha value is -3.53. The van der Waals surface area contributed by atoms with Crippen molar-refractivity contribution in [2.45, 2.75) is 0 Å². The van der Waals surface area contributed by atoms with E-state index in [1.54, 1.807) is 36.4 Å². The van der Waals surface area contributed by atoms with Crippen LogP contribution in [-0.2, 0) is 7.05 Å². The summed E-state index contributed by atoms with van der Waals surface area (Å²) < 4.78 is 2.05. The van der Waals surface area contributed by atoms with Crippen molar-refractivity contribution in [3.05, 3.63) is 77.9 Å². The van der Waals surface area contributed by atoms with Gasteiger partial charge < -0.3 is 9.90 Å². The molecule has 0 aliphatic carbocycles. The maximum Gasteiger partial charge on any atom is 0.213 e. The molecule has 126 valence electrons. The molecule has 0 atom stereocenters. The van der Waals surface area contributed by atoms with Crippen LogP contribution >= 0.6 is 0 Å². The second-order valence-corrected chi connectivity index (χ2v) is 6.21. The van der Waals surface area contributed by atoms with Crippen LogP contribution in [0.15, 0.2) is 66.7 Å². The van der Waals surface area contributed by atoms with Crippen LogP contribution in [-0.4, -0.2) is 12.3 Å². The summed E-state index contributed by atoms with van der Waals surface area (Å²) in [6.45, 7) is 0. The number of hydrogen-bond donors (Lipinski definition) is 0. The minimum Gasteiger partial charge on any atom is -0.545 e. The third-order valence-corrected chi connectivity index (χ3v) is 4.74. The summed E-state index contributed by atoms with van der Waals surface area (Å²) >= 11 is 0. The Bertz CT molecular complexity index is 1180. The minimum atomic E-state index is -1.22. The first-order chi connectivity index (χ1) is 12.6.